The van der Waals surface area contributed by atoms with Crippen molar-refractivity contribution in [3.8, 4) is 0 Å². The molecule has 0 aliphatic heterocycles. The average Bonchev–Trinajstić information content (AvgIpc) is 2.98. The molecule has 0 aromatic carbocycles. The summed E-state index contributed by atoms with van der Waals surface area (Å²) in [6.45, 7) is 3.48. The van der Waals surface area contributed by atoms with E-state index in [0.717, 1.165) is 0 Å². The van der Waals surface area contributed by atoms with Crippen molar-refractivity contribution in [1.82, 2.24) is 14.7 Å². The molecular weight excluding hydrogens is 292 g/mol. The highest BCUT2D eigenvalue weighted by Gasteiger charge is 2.19. The van der Waals surface area contributed by atoms with E-state index in [2.05, 4.69) is 15.5 Å². The van der Waals surface area contributed by atoms with Crippen molar-refractivity contribution in [3.05, 3.63) is 38.9 Å². The summed E-state index contributed by atoms with van der Waals surface area (Å²) < 4.78 is 6.29. The van der Waals surface area contributed by atoms with Gasteiger partial charge in [0.2, 0.25) is 0 Å². The Labute approximate surface area is 123 Å². The first kappa shape index (κ1) is 13.5. The molecule has 3 aromatic heterocycles. The van der Waals surface area contributed by atoms with E-state index in [1.165, 1.54) is 22.2 Å². The van der Waals surface area contributed by atoms with Crippen LogP contribution in [0.3, 0.4) is 0 Å². The van der Waals surface area contributed by atoms with Gasteiger partial charge in [-0.3, -0.25) is 9.59 Å². The van der Waals surface area contributed by atoms with Gasteiger partial charge in [-0.05, 0) is 19.4 Å². The number of hydrogen-bond acceptors (Lipinski definition) is 6. The molecule has 0 saturated carbocycles. The van der Waals surface area contributed by atoms with Crippen molar-refractivity contribution in [2.45, 2.75) is 13.8 Å². The fraction of sp³-hybridized carbons (Fsp3) is 0.231. The highest BCUT2D eigenvalue weighted by atomic mass is 32.1. The zero-order chi connectivity index (χ0) is 15.1. The molecule has 0 spiro atoms. The van der Waals surface area contributed by atoms with Crippen LogP contribution in [0.15, 0.2) is 21.7 Å². The number of hydrogen-bond donors (Lipinski definition) is 1. The Bertz CT molecular complexity index is 906. The molecule has 0 bridgehead atoms. The van der Waals surface area contributed by atoms with E-state index in [9.17, 15) is 9.59 Å². The molecule has 7 nitrogen and oxygen atoms in total. The standard InChI is InChI=1S/C13H12N4O3S/c1-6-4-8(16-20-6)15-11(18)10-7(2)9-12(21-10)14-5-17(3)13(9)19/h4-5H,1-3H3,(H,15,16,18). The largest absolute Gasteiger partial charge is 0.360 e. The summed E-state index contributed by atoms with van der Waals surface area (Å²) >= 11 is 1.19. The SMILES string of the molecule is Cc1cc(NC(=O)c2sc3ncn(C)c(=O)c3c2C)no1. The number of thiophene rings is 1. The summed E-state index contributed by atoms with van der Waals surface area (Å²) in [7, 11) is 1.63. The average molecular weight is 304 g/mol. The van der Waals surface area contributed by atoms with Crippen molar-refractivity contribution < 1.29 is 9.32 Å². The number of anilines is 1. The molecule has 3 heterocycles. The number of nitrogens with one attached hydrogen (secondary N) is 1. The normalized spacial score (nSPS) is 11.0. The lowest BCUT2D eigenvalue weighted by Crippen LogP contribution is -2.17. The molecule has 0 saturated heterocycles. The van der Waals surface area contributed by atoms with Crippen LogP contribution in [0.25, 0.3) is 10.2 Å². The van der Waals surface area contributed by atoms with E-state index in [4.69, 9.17) is 4.52 Å². The van der Waals surface area contributed by atoms with Gasteiger partial charge in [-0.25, -0.2) is 4.98 Å². The fourth-order valence-electron chi connectivity index (χ4n) is 2.02. The van der Waals surface area contributed by atoms with Gasteiger partial charge < -0.3 is 14.4 Å². The molecule has 0 fully saturated rings. The minimum Gasteiger partial charge on any atom is -0.360 e. The van der Waals surface area contributed by atoms with Gasteiger partial charge in [-0.15, -0.1) is 11.3 Å². The van der Waals surface area contributed by atoms with Crippen molar-refractivity contribution in [2.24, 2.45) is 7.05 Å². The number of nitrogens with zero attached hydrogens (tertiary/aromatic N) is 3. The number of amides is 1. The lowest BCUT2D eigenvalue weighted by atomic mass is 10.2. The second-order valence-corrected chi connectivity index (χ2v) is 5.67. The van der Waals surface area contributed by atoms with Gasteiger partial charge in [0.25, 0.3) is 11.5 Å². The van der Waals surface area contributed by atoms with E-state index in [1.54, 1.807) is 27.0 Å². The topological polar surface area (TPSA) is 90.0 Å². The van der Waals surface area contributed by atoms with Crippen LogP contribution in [-0.4, -0.2) is 20.6 Å². The second kappa shape index (κ2) is 4.81. The zero-order valence-corrected chi connectivity index (χ0v) is 12.4. The fourth-order valence-corrected chi connectivity index (χ4v) is 3.06. The quantitative estimate of drug-likeness (QED) is 0.780. The molecule has 3 aromatic rings. The van der Waals surface area contributed by atoms with Gasteiger partial charge >= 0.3 is 0 Å². The Morgan fingerprint density at radius 1 is 1.43 bits per heavy atom. The van der Waals surface area contributed by atoms with Gasteiger partial charge in [-0.1, -0.05) is 5.16 Å². The predicted octanol–water partition coefficient (Wildman–Crippen LogP) is 1.85. The van der Waals surface area contributed by atoms with Gasteiger partial charge in [0, 0.05) is 13.1 Å². The number of rotatable bonds is 2. The third-order valence-electron chi connectivity index (χ3n) is 3.09. The van der Waals surface area contributed by atoms with Gasteiger partial charge in [-0.2, -0.15) is 0 Å². The van der Waals surface area contributed by atoms with Crippen molar-refractivity contribution >= 4 is 33.3 Å². The molecule has 0 atom stereocenters. The van der Waals surface area contributed by atoms with Crippen LogP contribution in [0, 0.1) is 13.8 Å². The number of carbonyl (C=O) groups is 1. The molecule has 1 N–H and O–H groups in total. The Hall–Kier alpha value is -2.48. The highest BCUT2D eigenvalue weighted by molar-refractivity contribution is 7.20. The first-order valence-electron chi connectivity index (χ1n) is 6.16. The number of aryl methyl sites for hydroxylation is 3. The third kappa shape index (κ3) is 2.23. The first-order valence-corrected chi connectivity index (χ1v) is 6.98. The highest BCUT2D eigenvalue weighted by Crippen LogP contribution is 2.27. The number of fused-ring (bicyclic) bond motifs is 1. The molecule has 0 aliphatic carbocycles. The number of carbonyl (C=O) groups excluding carboxylic acids is 1. The summed E-state index contributed by atoms with van der Waals surface area (Å²) in [5, 5.41) is 6.84. The van der Waals surface area contributed by atoms with Crippen molar-refractivity contribution in [3.63, 3.8) is 0 Å². The summed E-state index contributed by atoms with van der Waals surface area (Å²) in [6, 6.07) is 1.62. The first-order chi connectivity index (χ1) is 9.97. The molecule has 0 aliphatic rings. The van der Waals surface area contributed by atoms with E-state index in [1.807, 2.05) is 0 Å². The Morgan fingerprint density at radius 3 is 2.86 bits per heavy atom. The lowest BCUT2D eigenvalue weighted by molar-refractivity contribution is 0.102. The van der Waals surface area contributed by atoms with Crippen LogP contribution >= 0.6 is 11.3 Å². The Kier molecular flexibility index (Phi) is 3.09. The smallest absolute Gasteiger partial charge is 0.267 e. The van der Waals surface area contributed by atoms with Crippen LogP contribution in [0.1, 0.15) is 21.0 Å². The van der Waals surface area contributed by atoms with E-state index in [-0.39, 0.29) is 11.5 Å². The third-order valence-corrected chi connectivity index (χ3v) is 4.28. The van der Waals surface area contributed by atoms with Gasteiger partial charge in [0.1, 0.15) is 10.6 Å². The van der Waals surface area contributed by atoms with Crippen LogP contribution in [0.2, 0.25) is 0 Å². The monoisotopic (exact) mass is 304 g/mol. The Balaban J connectivity index is 2.04. The molecule has 108 valence electrons. The summed E-state index contributed by atoms with van der Waals surface area (Å²) in [6.07, 6.45) is 1.45. The molecule has 0 radical (unpaired) electrons. The lowest BCUT2D eigenvalue weighted by Gasteiger charge is -1.99. The van der Waals surface area contributed by atoms with Crippen molar-refractivity contribution in [2.75, 3.05) is 5.32 Å². The Morgan fingerprint density at radius 2 is 2.19 bits per heavy atom. The van der Waals surface area contributed by atoms with Gasteiger partial charge in [0.05, 0.1) is 16.6 Å². The van der Waals surface area contributed by atoms with Crippen LogP contribution < -0.4 is 10.9 Å². The minimum atomic E-state index is -0.328. The predicted molar refractivity (Wildman–Crippen MR) is 78.8 cm³/mol. The van der Waals surface area contributed by atoms with E-state index >= 15 is 0 Å². The van der Waals surface area contributed by atoms with Crippen molar-refractivity contribution in [1.29, 1.82) is 0 Å². The summed E-state index contributed by atoms with van der Waals surface area (Å²) in [4.78, 5) is 29.6. The summed E-state index contributed by atoms with van der Waals surface area (Å²) in [5.41, 5.74) is 0.464. The molecule has 0 unspecified atom stereocenters. The van der Waals surface area contributed by atoms with E-state index in [0.29, 0.717) is 32.2 Å². The van der Waals surface area contributed by atoms with Gasteiger partial charge in [0.15, 0.2) is 5.82 Å². The molecule has 8 heteroatoms. The molecule has 21 heavy (non-hydrogen) atoms. The molecule has 3 rings (SSSR count). The summed E-state index contributed by atoms with van der Waals surface area (Å²) in [5.74, 6) is 0.620. The van der Waals surface area contributed by atoms with Crippen LogP contribution in [0.4, 0.5) is 5.82 Å². The molecular formula is C13H12N4O3S. The second-order valence-electron chi connectivity index (χ2n) is 4.67. The maximum atomic E-state index is 12.3. The van der Waals surface area contributed by atoms with E-state index < -0.39 is 0 Å². The van der Waals surface area contributed by atoms with Crippen LogP contribution in [-0.2, 0) is 7.05 Å². The maximum absolute atomic E-state index is 12.3. The zero-order valence-electron chi connectivity index (χ0n) is 11.6. The molecule has 1 amide bonds. The minimum absolute atomic E-state index is 0.162. The maximum Gasteiger partial charge on any atom is 0.267 e. The van der Waals surface area contributed by atoms with Crippen LogP contribution in [0.5, 0.6) is 0 Å². The number of aromatic nitrogens is 3.